The van der Waals surface area contributed by atoms with Crippen molar-refractivity contribution >= 4 is 23.0 Å². The third kappa shape index (κ3) is 4.86. The van der Waals surface area contributed by atoms with Crippen LogP contribution in [0.5, 0.6) is 5.75 Å². The molecule has 0 spiro atoms. The standard InChI is InChI=1S/C17H19N3OS/c1-13(15-9-6-10-16(11-15)21-2)19-20-17(22)18-12-14-7-4-3-5-8-14/h3-11H,12H2,1-2H3,(H2,18,20,22)/b19-13-. The fraction of sp³-hybridized carbons (Fsp3) is 0.176. The van der Waals surface area contributed by atoms with Gasteiger partial charge in [-0.05, 0) is 36.8 Å². The first-order valence-corrected chi connectivity index (χ1v) is 7.36. The highest BCUT2D eigenvalue weighted by atomic mass is 32.1. The predicted molar refractivity (Wildman–Crippen MR) is 94.2 cm³/mol. The Morgan fingerprint density at radius 1 is 1.14 bits per heavy atom. The molecule has 0 aliphatic heterocycles. The van der Waals surface area contributed by atoms with Gasteiger partial charge in [0.2, 0.25) is 0 Å². The number of methoxy groups -OCH3 is 1. The maximum Gasteiger partial charge on any atom is 0.187 e. The average Bonchev–Trinajstić information content (AvgIpc) is 2.58. The number of benzene rings is 2. The van der Waals surface area contributed by atoms with E-state index in [4.69, 9.17) is 17.0 Å². The summed E-state index contributed by atoms with van der Waals surface area (Å²) >= 11 is 5.22. The summed E-state index contributed by atoms with van der Waals surface area (Å²) in [6.45, 7) is 2.59. The molecule has 0 saturated carbocycles. The van der Waals surface area contributed by atoms with Crippen molar-refractivity contribution in [3.63, 3.8) is 0 Å². The highest BCUT2D eigenvalue weighted by Crippen LogP contribution is 2.13. The van der Waals surface area contributed by atoms with Crippen LogP contribution in [-0.2, 0) is 6.54 Å². The zero-order valence-corrected chi connectivity index (χ0v) is 13.5. The lowest BCUT2D eigenvalue weighted by molar-refractivity contribution is 0.414. The maximum absolute atomic E-state index is 5.22. The highest BCUT2D eigenvalue weighted by Gasteiger charge is 2.00. The molecule has 2 aromatic rings. The Hall–Kier alpha value is -2.40. The Kier molecular flexibility index (Phi) is 5.91. The van der Waals surface area contributed by atoms with Crippen molar-refractivity contribution in [1.29, 1.82) is 0 Å². The SMILES string of the molecule is COc1cccc(/C(C)=N\NC(=S)NCc2ccccc2)c1. The van der Waals surface area contributed by atoms with Crippen molar-refractivity contribution < 1.29 is 4.74 Å². The molecule has 0 fully saturated rings. The summed E-state index contributed by atoms with van der Waals surface area (Å²) in [5.41, 5.74) is 5.84. The molecule has 2 N–H and O–H groups in total. The van der Waals surface area contributed by atoms with Gasteiger partial charge in [0.1, 0.15) is 5.75 Å². The van der Waals surface area contributed by atoms with E-state index in [9.17, 15) is 0 Å². The summed E-state index contributed by atoms with van der Waals surface area (Å²) in [6, 6.07) is 17.8. The van der Waals surface area contributed by atoms with E-state index in [0.29, 0.717) is 11.7 Å². The third-order valence-corrected chi connectivity index (χ3v) is 3.34. The molecule has 0 amide bonds. The number of hydrogen-bond acceptors (Lipinski definition) is 3. The minimum atomic E-state index is 0.492. The Balaban J connectivity index is 1.88. The number of rotatable bonds is 5. The van der Waals surface area contributed by atoms with Crippen LogP contribution < -0.4 is 15.5 Å². The Labute approximate surface area is 136 Å². The van der Waals surface area contributed by atoms with Crippen molar-refractivity contribution in [2.45, 2.75) is 13.5 Å². The van der Waals surface area contributed by atoms with Crippen LogP contribution in [0.2, 0.25) is 0 Å². The van der Waals surface area contributed by atoms with Crippen molar-refractivity contribution in [3.8, 4) is 5.75 Å². The normalized spacial score (nSPS) is 10.9. The van der Waals surface area contributed by atoms with E-state index < -0.39 is 0 Å². The summed E-state index contributed by atoms with van der Waals surface area (Å²) in [5, 5.41) is 7.90. The predicted octanol–water partition coefficient (Wildman–Crippen LogP) is 3.08. The first kappa shape index (κ1) is 16.0. The number of nitrogens with zero attached hydrogens (tertiary/aromatic N) is 1. The molecule has 22 heavy (non-hydrogen) atoms. The van der Waals surface area contributed by atoms with Crippen molar-refractivity contribution in [1.82, 2.24) is 10.7 Å². The molecule has 0 saturated heterocycles. The quantitative estimate of drug-likeness (QED) is 0.506. The zero-order chi connectivity index (χ0) is 15.8. The van der Waals surface area contributed by atoms with E-state index in [1.165, 1.54) is 5.56 Å². The molecule has 0 atom stereocenters. The van der Waals surface area contributed by atoms with E-state index in [2.05, 4.69) is 15.8 Å². The van der Waals surface area contributed by atoms with Gasteiger partial charge in [-0.3, -0.25) is 5.43 Å². The summed E-state index contributed by atoms with van der Waals surface area (Å²) in [5.74, 6) is 0.803. The molecule has 0 aliphatic rings. The zero-order valence-electron chi connectivity index (χ0n) is 12.7. The summed E-state index contributed by atoms with van der Waals surface area (Å²) in [7, 11) is 1.65. The molecule has 0 bridgehead atoms. The van der Waals surface area contributed by atoms with Crippen LogP contribution in [0.15, 0.2) is 59.7 Å². The van der Waals surface area contributed by atoms with Gasteiger partial charge >= 0.3 is 0 Å². The molecule has 5 heteroatoms. The monoisotopic (exact) mass is 313 g/mol. The van der Waals surface area contributed by atoms with Gasteiger partial charge in [-0.2, -0.15) is 5.10 Å². The topological polar surface area (TPSA) is 45.6 Å². The fourth-order valence-electron chi connectivity index (χ4n) is 1.87. The van der Waals surface area contributed by atoms with Gasteiger partial charge in [0.25, 0.3) is 0 Å². The van der Waals surface area contributed by atoms with Gasteiger partial charge in [0.15, 0.2) is 5.11 Å². The van der Waals surface area contributed by atoms with Crippen LogP contribution in [0.4, 0.5) is 0 Å². The minimum absolute atomic E-state index is 0.492. The first-order chi connectivity index (χ1) is 10.7. The Bertz CT molecular complexity index is 656. The molecule has 0 aromatic heterocycles. The van der Waals surface area contributed by atoms with Crippen LogP contribution >= 0.6 is 12.2 Å². The minimum Gasteiger partial charge on any atom is -0.497 e. The average molecular weight is 313 g/mol. The van der Waals surface area contributed by atoms with E-state index in [0.717, 1.165) is 17.0 Å². The van der Waals surface area contributed by atoms with Crippen molar-refractivity contribution in [2.75, 3.05) is 7.11 Å². The molecule has 0 heterocycles. The number of hydrogen-bond donors (Lipinski definition) is 2. The molecule has 2 aromatic carbocycles. The number of hydrazone groups is 1. The second-order valence-corrected chi connectivity index (χ2v) is 5.12. The fourth-order valence-corrected chi connectivity index (χ4v) is 1.98. The maximum atomic E-state index is 5.22. The molecular weight excluding hydrogens is 294 g/mol. The van der Waals surface area contributed by atoms with Crippen LogP contribution in [0, 0.1) is 0 Å². The van der Waals surface area contributed by atoms with Crippen LogP contribution in [0.25, 0.3) is 0 Å². The molecule has 0 unspecified atom stereocenters. The second kappa shape index (κ2) is 8.14. The Morgan fingerprint density at radius 2 is 1.91 bits per heavy atom. The number of thiocarbonyl (C=S) groups is 1. The van der Waals surface area contributed by atoms with Crippen molar-refractivity contribution in [2.24, 2.45) is 5.10 Å². The van der Waals surface area contributed by atoms with Crippen LogP contribution in [0.3, 0.4) is 0 Å². The van der Waals surface area contributed by atoms with E-state index in [-0.39, 0.29) is 0 Å². The lowest BCUT2D eigenvalue weighted by atomic mass is 10.1. The molecule has 4 nitrogen and oxygen atoms in total. The van der Waals surface area contributed by atoms with E-state index in [1.807, 2.05) is 61.5 Å². The van der Waals surface area contributed by atoms with Gasteiger partial charge in [-0.25, -0.2) is 0 Å². The molecule has 0 radical (unpaired) electrons. The van der Waals surface area contributed by atoms with Crippen LogP contribution in [-0.4, -0.2) is 17.9 Å². The highest BCUT2D eigenvalue weighted by molar-refractivity contribution is 7.80. The molecule has 2 rings (SSSR count). The smallest absolute Gasteiger partial charge is 0.187 e. The summed E-state index contributed by atoms with van der Waals surface area (Å²) < 4.78 is 5.20. The van der Waals surface area contributed by atoms with Crippen molar-refractivity contribution in [3.05, 3.63) is 65.7 Å². The molecule has 0 aliphatic carbocycles. The Morgan fingerprint density at radius 3 is 2.64 bits per heavy atom. The molecular formula is C17H19N3OS. The van der Waals surface area contributed by atoms with Gasteiger partial charge in [0.05, 0.1) is 12.8 Å². The van der Waals surface area contributed by atoms with Gasteiger partial charge in [0, 0.05) is 12.1 Å². The lowest BCUT2D eigenvalue weighted by Crippen LogP contribution is -2.32. The largest absolute Gasteiger partial charge is 0.497 e. The molecule has 114 valence electrons. The van der Waals surface area contributed by atoms with E-state index >= 15 is 0 Å². The summed E-state index contributed by atoms with van der Waals surface area (Å²) in [4.78, 5) is 0. The van der Waals surface area contributed by atoms with E-state index in [1.54, 1.807) is 7.11 Å². The van der Waals surface area contributed by atoms with Gasteiger partial charge in [-0.15, -0.1) is 0 Å². The first-order valence-electron chi connectivity index (χ1n) is 6.95. The van der Waals surface area contributed by atoms with Crippen LogP contribution in [0.1, 0.15) is 18.1 Å². The van der Waals surface area contributed by atoms with Gasteiger partial charge in [-0.1, -0.05) is 42.5 Å². The lowest BCUT2D eigenvalue weighted by Gasteiger charge is -2.08. The van der Waals surface area contributed by atoms with Gasteiger partial charge < -0.3 is 10.1 Å². The summed E-state index contributed by atoms with van der Waals surface area (Å²) in [6.07, 6.45) is 0. The second-order valence-electron chi connectivity index (χ2n) is 4.71. The number of nitrogens with one attached hydrogen (secondary N) is 2. The third-order valence-electron chi connectivity index (χ3n) is 3.11. The number of ether oxygens (including phenoxy) is 1.